The second-order valence-electron chi connectivity index (χ2n) is 8.92. The van der Waals surface area contributed by atoms with Gasteiger partial charge in [0.25, 0.3) is 0 Å². The Morgan fingerprint density at radius 3 is 2.49 bits per heavy atom. The van der Waals surface area contributed by atoms with Crippen LogP contribution in [0.3, 0.4) is 0 Å². The number of nitrogens with one attached hydrogen (secondary N) is 2. The number of thiocarbonyl (C=S) groups is 1. The fourth-order valence-electron chi connectivity index (χ4n) is 4.81. The third-order valence-corrected chi connectivity index (χ3v) is 6.93. The zero-order chi connectivity index (χ0) is 25.8. The van der Waals surface area contributed by atoms with Gasteiger partial charge in [0, 0.05) is 41.9 Å². The van der Waals surface area contributed by atoms with Crippen LogP contribution in [0.5, 0.6) is 5.75 Å². The number of carbonyl (C=O) groups excluding carboxylic acids is 1. The Balaban J connectivity index is 1.48. The van der Waals surface area contributed by atoms with Crippen molar-refractivity contribution in [3.05, 3.63) is 108 Å². The number of anilines is 1. The van der Waals surface area contributed by atoms with Gasteiger partial charge in [0.05, 0.1) is 24.9 Å². The summed E-state index contributed by atoms with van der Waals surface area (Å²) < 4.78 is 7.59. The molecule has 1 fully saturated rings. The number of carbonyl (C=O) groups is 1. The zero-order valence-electron chi connectivity index (χ0n) is 20.8. The van der Waals surface area contributed by atoms with Crippen LogP contribution < -0.4 is 15.4 Å². The number of aryl methyl sites for hydroxylation is 1. The molecule has 2 unspecified atom stereocenters. The Hall–Kier alpha value is -4.17. The molecule has 1 saturated heterocycles. The van der Waals surface area contributed by atoms with Crippen molar-refractivity contribution in [2.75, 3.05) is 19.0 Å². The lowest BCUT2D eigenvalue weighted by Crippen LogP contribution is -2.33. The first-order chi connectivity index (χ1) is 18.0. The first-order valence-electron chi connectivity index (χ1n) is 12.2. The molecule has 0 bridgehead atoms. The van der Waals surface area contributed by atoms with E-state index < -0.39 is 0 Å². The number of aromatic nitrogens is 2. The number of hydrogen-bond acceptors (Lipinski definition) is 4. The lowest BCUT2D eigenvalue weighted by molar-refractivity contribution is -0.116. The second-order valence-corrected chi connectivity index (χ2v) is 9.30. The number of hydrogen-bond donors (Lipinski definition) is 2. The molecule has 2 aromatic carbocycles. The van der Waals surface area contributed by atoms with Gasteiger partial charge >= 0.3 is 0 Å². The van der Waals surface area contributed by atoms with E-state index in [1.165, 1.54) is 0 Å². The van der Waals surface area contributed by atoms with E-state index in [-0.39, 0.29) is 18.0 Å². The molecule has 0 saturated carbocycles. The van der Waals surface area contributed by atoms with Crippen molar-refractivity contribution in [2.45, 2.75) is 25.4 Å². The van der Waals surface area contributed by atoms with E-state index in [0.717, 1.165) is 34.2 Å². The molecule has 0 aliphatic carbocycles. The lowest BCUT2D eigenvalue weighted by Gasteiger charge is -2.29. The minimum Gasteiger partial charge on any atom is -0.497 e. The van der Waals surface area contributed by atoms with Gasteiger partial charge in [-0.15, -0.1) is 0 Å². The highest BCUT2D eigenvalue weighted by molar-refractivity contribution is 7.80. The SMILES string of the molecule is COc1ccc(-n2c(C)ccc2C2C(c3ccccn3)NC(=S)N2CCC(=O)Nc2ccccc2)cc1. The van der Waals surface area contributed by atoms with Gasteiger partial charge < -0.3 is 24.8 Å². The monoisotopic (exact) mass is 511 g/mol. The van der Waals surface area contributed by atoms with Crippen molar-refractivity contribution in [2.24, 2.45) is 0 Å². The maximum Gasteiger partial charge on any atom is 0.226 e. The first kappa shape index (κ1) is 24.5. The summed E-state index contributed by atoms with van der Waals surface area (Å²) in [6.45, 7) is 2.55. The Morgan fingerprint density at radius 2 is 1.78 bits per heavy atom. The molecule has 2 aromatic heterocycles. The molecule has 0 radical (unpaired) electrons. The fraction of sp³-hybridized carbons (Fsp3) is 0.207. The highest BCUT2D eigenvalue weighted by atomic mass is 32.1. The average Bonchev–Trinajstić information content (AvgIpc) is 3.47. The summed E-state index contributed by atoms with van der Waals surface area (Å²) >= 11 is 5.81. The van der Waals surface area contributed by atoms with Crippen LogP contribution in [0.4, 0.5) is 5.69 Å². The minimum absolute atomic E-state index is 0.0595. The Bertz CT molecular complexity index is 1370. The van der Waals surface area contributed by atoms with Gasteiger partial charge in [-0.3, -0.25) is 9.78 Å². The molecule has 37 heavy (non-hydrogen) atoms. The van der Waals surface area contributed by atoms with Crippen LogP contribution in [-0.2, 0) is 4.79 Å². The van der Waals surface area contributed by atoms with Gasteiger partial charge in [0.15, 0.2) is 5.11 Å². The van der Waals surface area contributed by atoms with Crippen LogP contribution in [0.2, 0.25) is 0 Å². The highest BCUT2D eigenvalue weighted by Crippen LogP contribution is 2.40. The number of para-hydroxylation sites is 1. The van der Waals surface area contributed by atoms with Crippen molar-refractivity contribution in [3.8, 4) is 11.4 Å². The molecule has 1 aliphatic heterocycles. The van der Waals surface area contributed by atoms with E-state index in [2.05, 4.69) is 44.1 Å². The van der Waals surface area contributed by atoms with E-state index in [1.54, 1.807) is 13.3 Å². The number of ether oxygens (including phenoxy) is 1. The van der Waals surface area contributed by atoms with Crippen LogP contribution >= 0.6 is 12.2 Å². The summed E-state index contributed by atoms with van der Waals surface area (Å²) in [6, 6.07) is 27.3. The zero-order valence-corrected chi connectivity index (χ0v) is 21.6. The van der Waals surface area contributed by atoms with Gasteiger partial charge in [-0.05, 0) is 79.8 Å². The maximum absolute atomic E-state index is 12.8. The largest absolute Gasteiger partial charge is 0.497 e. The molecule has 7 nitrogen and oxygen atoms in total. The molecular formula is C29H29N5O2S. The third-order valence-electron chi connectivity index (χ3n) is 6.57. The molecule has 2 N–H and O–H groups in total. The average molecular weight is 512 g/mol. The first-order valence-corrected chi connectivity index (χ1v) is 12.6. The van der Waals surface area contributed by atoms with Crippen LogP contribution in [0.15, 0.2) is 91.1 Å². The molecule has 188 valence electrons. The minimum atomic E-state index is -0.169. The third kappa shape index (κ3) is 5.20. The number of amides is 1. The number of rotatable bonds is 8. The lowest BCUT2D eigenvalue weighted by atomic mass is 10.0. The van der Waals surface area contributed by atoms with E-state index in [1.807, 2.05) is 72.8 Å². The molecule has 5 rings (SSSR count). The van der Waals surface area contributed by atoms with E-state index in [9.17, 15) is 4.79 Å². The van der Waals surface area contributed by atoms with Crippen molar-refractivity contribution < 1.29 is 9.53 Å². The number of methoxy groups -OCH3 is 1. The summed E-state index contributed by atoms with van der Waals surface area (Å²) in [7, 11) is 1.66. The summed E-state index contributed by atoms with van der Waals surface area (Å²) in [4.78, 5) is 19.5. The van der Waals surface area contributed by atoms with Crippen LogP contribution in [-0.4, -0.2) is 39.1 Å². The molecule has 8 heteroatoms. The number of nitrogens with zero attached hydrogens (tertiary/aromatic N) is 3. The molecule has 0 spiro atoms. The Morgan fingerprint density at radius 1 is 1.03 bits per heavy atom. The molecule has 3 heterocycles. The molecule has 2 atom stereocenters. The normalized spacial score (nSPS) is 16.9. The van der Waals surface area contributed by atoms with Crippen molar-refractivity contribution in [1.29, 1.82) is 0 Å². The van der Waals surface area contributed by atoms with Gasteiger partial charge in [-0.1, -0.05) is 24.3 Å². The predicted molar refractivity (Wildman–Crippen MR) is 149 cm³/mol. The fourth-order valence-corrected chi connectivity index (χ4v) is 5.14. The van der Waals surface area contributed by atoms with E-state index >= 15 is 0 Å². The van der Waals surface area contributed by atoms with Gasteiger partial charge in [-0.2, -0.15) is 0 Å². The molecular weight excluding hydrogens is 482 g/mol. The van der Waals surface area contributed by atoms with Gasteiger partial charge in [0.2, 0.25) is 5.91 Å². The van der Waals surface area contributed by atoms with Crippen molar-refractivity contribution in [1.82, 2.24) is 19.8 Å². The van der Waals surface area contributed by atoms with Crippen molar-refractivity contribution in [3.63, 3.8) is 0 Å². The Kier molecular flexibility index (Phi) is 7.18. The predicted octanol–water partition coefficient (Wildman–Crippen LogP) is 5.19. The second kappa shape index (κ2) is 10.8. The number of benzene rings is 2. The smallest absolute Gasteiger partial charge is 0.226 e. The molecule has 4 aromatic rings. The summed E-state index contributed by atoms with van der Waals surface area (Å²) in [5.74, 6) is 0.743. The quantitative estimate of drug-likeness (QED) is 0.317. The van der Waals surface area contributed by atoms with Crippen LogP contribution in [0.1, 0.15) is 35.6 Å². The molecule has 1 amide bonds. The Labute approximate surface area is 222 Å². The van der Waals surface area contributed by atoms with Gasteiger partial charge in [-0.25, -0.2) is 0 Å². The van der Waals surface area contributed by atoms with Crippen LogP contribution in [0, 0.1) is 6.92 Å². The summed E-state index contributed by atoms with van der Waals surface area (Å²) in [5, 5.41) is 7.05. The van der Waals surface area contributed by atoms with E-state index in [0.29, 0.717) is 18.1 Å². The standard InChI is InChI=1S/C29H29N5O2S/c1-20-11-16-25(34(20)22-12-14-23(36-2)15-13-22)28-27(24-10-6-7-18-30-24)32-29(37)33(28)19-17-26(35)31-21-8-4-3-5-9-21/h3-16,18,27-28H,17,19H2,1-2H3,(H,31,35)(H,32,37). The maximum atomic E-state index is 12.8. The summed E-state index contributed by atoms with van der Waals surface area (Å²) in [5.41, 5.74) is 4.86. The van der Waals surface area contributed by atoms with Gasteiger partial charge in [0.1, 0.15) is 5.75 Å². The number of pyridine rings is 1. The van der Waals surface area contributed by atoms with Crippen molar-refractivity contribution >= 4 is 28.9 Å². The summed E-state index contributed by atoms with van der Waals surface area (Å²) in [6.07, 6.45) is 2.09. The molecule has 1 aliphatic rings. The van der Waals surface area contributed by atoms with Crippen LogP contribution in [0.25, 0.3) is 5.69 Å². The topological polar surface area (TPSA) is 71.4 Å². The van der Waals surface area contributed by atoms with E-state index in [4.69, 9.17) is 17.0 Å². The highest BCUT2D eigenvalue weighted by Gasteiger charge is 2.41.